The van der Waals surface area contributed by atoms with Gasteiger partial charge in [0.25, 0.3) is 0 Å². The first-order chi connectivity index (χ1) is 9.24. The molecular formula is C12H20N2O5S. The van der Waals surface area contributed by atoms with E-state index >= 15 is 0 Å². The summed E-state index contributed by atoms with van der Waals surface area (Å²) in [5, 5.41) is 18.3. The average Bonchev–Trinajstić information content (AvgIpc) is 2.37. The number of benzene rings is 1. The number of nitrogens with two attached hydrogens (primary N) is 1. The van der Waals surface area contributed by atoms with E-state index in [2.05, 4.69) is 4.72 Å². The number of anilines is 1. The van der Waals surface area contributed by atoms with E-state index in [-0.39, 0.29) is 18.9 Å². The average molecular weight is 304 g/mol. The van der Waals surface area contributed by atoms with Crippen LogP contribution in [0.15, 0.2) is 24.3 Å². The molecule has 1 aromatic rings. The maximum atomic E-state index is 11.6. The molecule has 0 saturated carbocycles. The van der Waals surface area contributed by atoms with E-state index in [9.17, 15) is 13.5 Å². The number of aliphatic hydroxyl groups excluding tert-OH is 1. The SMILES string of the molecule is CC(O)(CO)CNS(=O)(=O)CCOc1cccc(N)c1. The Labute approximate surface area is 118 Å². The third-order valence-corrected chi connectivity index (χ3v) is 3.78. The van der Waals surface area contributed by atoms with Crippen LogP contribution in [0.25, 0.3) is 0 Å². The first kappa shape index (κ1) is 16.7. The van der Waals surface area contributed by atoms with Gasteiger partial charge in [0.15, 0.2) is 0 Å². The molecule has 0 amide bonds. The molecule has 0 radical (unpaired) electrons. The molecule has 0 aliphatic rings. The highest BCUT2D eigenvalue weighted by Gasteiger charge is 2.22. The zero-order chi connectivity index (χ0) is 15.2. The molecule has 1 atom stereocenters. The minimum Gasteiger partial charge on any atom is -0.492 e. The summed E-state index contributed by atoms with van der Waals surface area (Å²) in [7, 11) is -3.58. The van der Waals surface area contributed by atoms with Gasteiger partial charge in [-0.15, -0.1) is 0 Å². The molecule has 1 aromatic carbocycles. The largest absolute Gasteiger partial charge is 0.492 e. The van der Waals surface area contributed by atoms with Crippen molar-refractivity contribution in [3.05, 3.63) is 24.3 Å². The maximum Gasteiger partial charge on any atom is 0.215 e. The summed E-state index contributed by atoms with van der Waals surface area (Å²) in [6.45, 7) is 0.498. The molecule has 0 fully saturated rings. The van der Waals surface area contributed by atoms with Gasteiger partial charge in [-0.25, -0.2) is 13.1 Å². The molecule has 8 heteroatoms. The zero-order valence-electron chi connectivity index (χ0n) is 11.2. The van der Waals surface area contributed by atoms with Gasteiger partial charge < -0.3 is 20.7 Å². The van der Waals surface area contributed by atoms with Crippen LogP contribution in [-0.4, -0.2) is 49.7 Å². The van der Waals surface area contributed by atoms with E-state index in [4.69, 9.17) is 15.6 Å². The third-order valence-electron chi connectivity index (χ3n) is 2.49. The topological polar surface area (TPSA) is 122 Å². The molecule has 0 aromatic heterocycles. The van der Waals surface area contributed by atoms with Crippen LogP contribution in [0.1, 0.15) is 6.92 Å². The smallest absolute Gasteiger partial charge is 0.215 e. The molecular weight excluding hydrogens is 284 g/mol. The molecule has 20 heavy (non-hydrogen) atoms. The molecule has 7 nitrogen and oxygen atoms in total. The van der Waals surface area contributed by atoms with E-state index in [1.807, 2.05) is 0 Å². The van der Waals surface area contributed by atoms with Crippen LogP contribution in [0.3, 0.4) is 0 Å². The standard InChI is InChI=1S/C12H20N2O5S/c1-12(16,9-15)8-14-20(17,18)6-5-19-11-4-2-3-10(13)7-11/h2-4,7,14-16H,5-6,8-9,13H2,1H3. The highest BCUT2D eigenvalue weighted by molar-refractivity contribution is 7.89. The highest BCUT2D eigenvalue weighted by atomic mass is 32.2. The lowest BCUT2D eigenvalue weighted by Gasteiger charge is -2.20. The zero-order valence-corrected chi connectivity index (χ0v) is 12.1. The molecule has 0 bridgehead atoms. The van der Waals surface area contributed by atoms with Crippen LogP contribution in [0.2, 0.25) is 0 Å². The molecule has 1 rings (SSSR count). The third kappa shape index (κ3) is 6.20. The fourth-order valence-electron chi connectivity index (χ4n) is 1.27. The Bertz CT molecular complexity index is 530. The molecule has 1 unspecified atom stereocenters. The lowest BCUT2D eigenvalue weighted by atomic mass is 10.1. The Morgan fingerprint density at radius 2 is 2.15 bits per heavy atom. The van der Waals surface area contributed by atoms with Crippen LogP contribution in [0.4, 0.5) is 5.69 Å². The summed E-state index contributed by atoms with van der Waals surface area (Å²) >= 11 is 0. The van der Waals surface area contributed by atoms with Gasteiger partial charge in [0.05, 0.1) is 18.0 Å². The van der Waals surface area contributed by atoms with Crippen LogP contribution in [0.5, 0.6) is 5.75 Å². The lowest BCUT2D eigenvalue weighted by molar-refractivity contribution is 0.00680. The molecule has 0 spiro atoms. The highest BCUT2D eigenvalue weighted by Crippen LogP contribution is 2.14. The van der Waals surface area contributed by atoms with Crippen LogP contribution in [0, 0.1) is 0 Å². The van der Waals surface area contributed by atoms with Gasteiger partial charge in [-0.3, -0.25) is 0 Å². The van der Waals surface area contributed by atoms with Crippen molar-refractivity contribution in [2.75, 3.05) is 31.2 Å². The second-order valence-electron chi connectivity index (χ2n) is 4.72. The Balaban J connectivity index is 2.40. The summed E-state index contributed by atoms with van der Waals surface area (Å²) in [5.74, 6) is 0.228. The number of rotatable bonds is 8. The monoisotopic (exact) mass is 304 g/mol. The second kappa shape index (κ2) is 6.89. The molecule has 114 valence electrons. The summed E-state index contributed by atoms with van der Waals surface area (Å²) in [5.41, 5.74) is 4.61. The summed E-state index contributed by atoms with van der Waals surface area (Å²) < 4.78 is 30.8. The number of aliphatic hydroxyl groups is 2. The number of hydrogen-bond acceptors (Lipinski definition) is 6. The van der Waals surface area contributed by atoms with Crippen molar-refractivity contribution >= 4 is 15.7 Å². The number of nitrogens with one attached hydrogen (secondary N) is 1. The van der Waals surface area contributed by atoms with Gasteiger partial charge >= 0.3 is 0 Å². The van der Waals surface area contributed by atoms with Gasteiger partial charge in [0.2, 0.25) is 10.0 Å². The quantitative estimate of drug-likeness (QED) is 0.472. The van der Waals surface area contributed by atoms with E-state index in [1.165, 1.54) is 6.92 Å². The summed E-state index contributed by atoms with van der Waals surface area (Å²) in [6.07, 6.45) is 0. The number of nitrogen functional groups attached to an aromatic ring is 1. The van der Waals surface area contributed by atoms with Gasteiger partial charge in [-0.05, 0) is 19.1 Å². The fourth-order valence-corrected chi connectivity index (χ4v) is 2.25. The van der Waals surface area contributed by atoms with Gasteiger partial charge in [0, 0.05) is 18.3 Å². The van der Waals surface area contributed by atoms with Crippen LogP contribution >= 0.6 is 0 Å². The molecule has 0 saturated heterocycles. The van der Waals surface area contributed by atoms with Crippen molar-refractivity contribution in [2.24, 2.45) is 0 Å². The number of sulfonamides is 1. The van der Waals surface area contributed by atoms with E-state index in [1.54, 1.807) is 24.3 Å². The van der Waals surface area contributed by atoms with E-state index < -0.39 is 22.2 Å². The predicted octanol–water partition coefficient (Wildman–Crippen LogP) is -0.690. The van der Waals surface area contributed by atoms with Crippen molar-refractivity contribution in [3.63, 3.8) is 0 Å². The minimum atomic E-state index is -3.58. The lowest BCUT2D eigenvalue weighted by Crippen LogP contribution is -2.44. The fraction of sp³-hybridized carbons (Fsp3) is 0.500. The Hall–Kier alpha value is -1.35. The normalized spacial score (nSPS) is 14.8. The van der Waals surface area contributed by atoms with Crippen molar-refractivity contribution in [2.45, 2.75) is 12.5 Å². The van der Waals surface area contributed by atoms with Crippen molar-refractivity contribution in [3.8, 4) is 5.75 Å². The van der Waals surface area contributed by atoms with Gasteiger partial charge in [-0.1, -0.05) is 6.07 Å². The van der Waals surface area contributed by atoms with E-state index in [0.717, 1.165) is 0 Å². The number of ether oxygens (including phenoxy) is 1. The van der Waals surface area contributed by atoms with Crippen molar-refractivity contribution in [1.29, 1.82) is 0 Å². The summed E-state index contributed by atoms with van der Waals surface area (Å²) in [4.78, 5) is 0. The molecule has 5 N–H and O–H groups in total. The second-order valence-corrected chi connectivity index (χ2v) is 6.64. The Morgan fingerprint density at radius 3 is 2.75 bits per heavy atom. The number of hydrogen-bond donors (Lipinski definition) is 4. The molecule has 0 aliphatic heterocycles. The van der Waals surface area contributed by atoms with Crippen molar-refractivity contribution < 1.29 is 23.4 Å². The first-order valence-corrected chi connectivity index (χ1v) is 7.68. The molecule has 0 heterocycles. The Kier molecular flexibility index (Phi) is 5.75. The Morgan fingerprint density at radius 1 is 1.45 bits per heavy atom. The minimum absolute atomic E-state index is 0.0416. The summed E-state index contributed by atoms with van der Waals surface area (Å²) in [6, 6.07) is 6.67. The van der Waals surface area contributed by atoms with Gasteiger partial charge in [0.1, 0.15) is 12.4 Å². The predicted molar refractivity (Wildman–Crippen MR) is 75.8 cm³/mol. The van der Waals surface area contributed by atoms with E-state index in [0.29, 0.717) is 11.4 Å². The van der Waals surface area contributed by atoms with Gasteiger partial charge in [-0.2, -0.15) is 0 Å². The van der Waals surface area contributed by atoms with Crippen LogP contribution in [-0.2, 0) is 10.0 Å². The van der Waals surface area contributed by atoms with Crippen LogP contribution < -0.4 is 15.2 Å². The van der Waals surface area contributed by atoms with Crippen molar-refractivity contribution in [1.82, 2.24) is 4.72 Å². The maximum absolute atomic E-state index is 11.6. The first-order valence-electron chi connectivity index (χ1n) is 6.03. The molecule has 0 aliphatic carbocycles.